The molecule has 0 aliphatic carbocycles. The van der Waals surface area contributed by atoms with E-state index in [1.165, 1.54) is 0 Å². The number of amides is 1. The van der Waals surface area contributed by atoms with Crippen molar-refractivity contribution in [1.29, 1.82) is 0 Å². The molecule has 3 aromatic rings. The SMILES string of the molecule is O=C(Nc1ccncc1Br)c1cc2ccccc2o1. The van der Waals surface area contributed by atoms with Crippen molar-refractivity contribution in [1.82, 2.24) is 4.98 Å². The predicted octanol–water partition coefficient (Wildman–Crippen LogP) is 3.84. The van der Waals surface area contributed by atoms with Crippen LogP contribution in [0.2, 0.25) is 0 Å². The standard InChI is InChI=1S/C14H9BrN2O2/c15-10-8-16-6-5-11(10)17-14(18)13-7-9-3-1-2-4-12(9)19-13/h1-8H,(H,16,17,18). The van der Waals surface area contributed by atoms with Gasteiger partial charge in [-0.25, -0.2) is 0 Å². The molecule has 0 radical (unpaired) electrons. The van der Waals surface area contributed by atoms with Crippen LogP contribution in [0.5, 0.6) is 0 Å². The van der Waals surface area contributed by atoms with Crippen molar-refractivity contribution in [2.24, 2.45) is 0 Å². The molecule has 19 heavy (non-hydrogen) atoms. The van der Waals surface area contributed by atoms with Crippen LogP contribution in [0.3, 0.4) is 0 Å². The molecule has 94 valence electrons. The lowest BCUT2D eigenvalue weighted by Crippen LogP contribution is -2.11. The number of hydrogen-bond acceptors (Lipinski definition) is 3. The van der Waals surface area contributed by atoms with Crippen LogP contribution in [0.4, 0.5) is 5.69 Å². The Labute approximate surface area is 117 Å². The van der Waals surface area contributed by atoms with Gasteiger partial charge in [0, 0.05) is 17.8 Å². The maximum absolute atomic E-state index is 12.1. The van der Waals surface area contributed by atoms with E-state index < -0.39 is 0 Å². The number of hydrogen-bond donors (Lipinski definition) is 1. The second-order valence-corrected chi connectivity index (χ2v) is 4.81. The molecule has 2 aromatic heterocycles. The Morgan fingerprint density at radius 1 is 1.26 bits per heavy atom. The summed E-state index contributed by atoms with van der Waals surface area (Å²) in [4.78, 5) is 16.0. The van der Waals surface area contributed by atoms with Gasteiger partial charge in [-0.15, -0.1) is 0 Å². The smallest absolute Gasteiger partial charge is 0.291 e. The molecule has 3 rings (SSSR count). The van der Waals surface area contributed by atoms with Gasteiger partial charge in [0.25, 0.3) is 5.91 Å². The molecule has 1 aromatic carbocycles. The number of pyridine rings is 1. The average Bonchev–Trinajstić information content (AvgIpc) is 2.85. The molecule has 0 saturated carbocycles. The summed E-state index contributed by atoms with van der Waals surface area (Å²) in [6, 6.07) is 10.9. The predicted molar refractivity (Wildman–Crippen MR) is 76.1 cm³/mol. The molecule has 0 fully saturated rings. The lowest BCUT2D eigenvalue weighted by Gasteiger charge is -2.04. The number of rotatable bonds is 2. The molecule has 0 bridgehead atoms. The van der Waals surface area contributed by atoms with Crippen LogP contribution in [-0.4, -0.2) is 10.9 Å². The Hall–Kier alpha value is -2.14. The van der Waals surface area contributed by atoms with Crippen molar-refractivity contribution in [2.45, 2.75) is 0 Å². The number of nitrogens with one attached hydrogen (secondary N) is 1. The molecule has 0 aliphatic heterocycles. The third-order valence-electron chi connectivity index (χ3n) is 2.67. The number of fused-ring (bicyclic) bond motifs is 1. The third kappa shape index (κ3) is 2.37. The molecule has 1 N–H and O–H groups in total. The molecular formula is C14H9BrN2O2. The van der Waals surface area contributed by atoms with Crippen molar-refractivity contribution in [2.75, 3.05) is 5.32 Å². The first kappa shape index (κ1) is 11.9. The molecule has 0 saturated heterocycles. The molecule has 1 amide bonds. The molecule has 0 unspecified atom stereocenters. The molecule has 0 atom stereocenters. The minimum atomic E-state index is -0.289. The third-order valence-corrected chi connectivity index (χ3v) is 3.30. The van der Waals surface area contributed by atoms with Gasteiger partial charge in [-0.05, 0) is 34.1 Å². The summed E-state index contributed by atoms with van der Waals surface area (Å²) in [6.45, 7) is 0. The lowest BCUT2D eigenvalue weighted by molar-refractivity contribution is 0.0998. The van der Waals surface area contributed by atoms with Crippen molar-refractivity contribution in [3.63, 3.8) is 0 Å². The molecule has 2 heterocycles. The van der Waals surface area contributed by atoms with Gasteiger partial charge in [-0.2, -0.15) is 0 Å². The van der Waals surface area contributed by atoms with E-state index in [9.17, 15) is 4.79 Å². The van der Waals surface area contributed by atoms with Crippen LogP contribution in [0, 0.1) is 0 Å². The van der Waals surface area contributed by atoms with Gasteiger partial charge in [0.1, 0.15) is 5.58 Å². The van der Waals surface area contributed by atoms with E-state index in [2.05, 4.69) is 26.2 Å². The van der Waals surface area contributed by atoms with Gasteiger partial charge in [0.2, 0.25) is 0 Å². The van der Waals surface area contributed by atoms with E-state index in [1.54, 1.807) is 24.5 Å². The highest BCUT2D eigenvalue weighted by Gasteiger charge is 2.13. The molecular weight excluding hydrogens is 308 g/mol. The van der Waals surface area contributed by atoms with E-state index in [1.807, 2.05) is 24.3 Å². The Morgan fingerprint density at radius 2 is 2.11 bits per heavy atom. The number of carbonyl (C=O) groups is 1. The zero-order valence-electron chi connectivity index (χ0n) is 9.76. The van der Waals surface area contributed by atoms with Crippen LogP contribution in [-0.2, 0) is 0 Å². The molecule has 0 spiro atoms. The summed E-state index contributed by atoms with van der Waals surface area (Å²) in [7, 11) is 0. The topological polar surface area (TPSA) is 55.1 Å². The Bertz CT molecular complexity index is 719. The molecule has 0 aliphatic rings. The highest BCUT2D eigenvalue weighted by Crippen LogP contribution is 2.23. The quantitative estimate of drug-likeness (QED) is 0.781. The highest BCUT2D eigenvalue weighted by atomic mass is 79.9. The summed E-state index contributed by atoms with van der Waals surface area (Å²) in [5.74, 6) is -0.00647. The average molecular weight is 317 g/mol. The maximum atomic E-state index is 12.1. The number of furan rings is 1. The number of para-hydroxylation sites is 1. The van der Waals surface area contributed by atoms with E-state index in [4.69, 9.17) is 4.42 Å². The van der Waals surface area contributed by atoms with Crippen LogP contribution in [0.15, 0.2) is 57.7 Å². The second-order valence-electron chi connectivity index (χ2n) is 3.96. The maximum Gasteiger partial charge on any atom is 0.291 e. The van der Waals surface area contributed by atoms with Gasteiger partial charge >= 0.3 is 0 Å². The zero-order chi connectivity index (χ0) is 13.2. The summed E-state index contributed by atoms with van der Waals surface area (Å²) in [5.41, 5.74) is 1.35. The summed E-state index contributed by atoms with van der Waals surface area (Å²) >= 11 is 3.32. The number of carbonyl (C=O) groups excluding carboxylic acids is 1. The van der Waals surface area contributed by atoms with E-state index in [-0.39, 0.29) is 11.7 Å². The second kappa shape index (κ2) is 4.85. The van der Waals surface area contributed by atoms with Gasteiger partial charge < -0.3 is 9.73 Å². The van der Waals surface area contributed by atoms with Crippen LogP contribution in [0.1, 0.15) is 10.6 Å². The first-order chi connectivity index (χ1) is 9.24. The first-order valence-corrected chi connectivity index (χ1v) is 6.43. The number of anilines is 1. The summed E-state index contributed by atoms with van der Waals surface area (Å²) in [6.07, 6.45) is 3.23. The molecule has 4 nitrogen and oxygen atoms in total. The number of aromatic nitrogens is 1. The normalized spacial score (nSPS) is 10.6. The van der Waals surface area contributed by atoms with Crippen LogP contribution < -0.4 is 5.32 Å². The first-order valence-electron chi connectivity index (χ1n) is 5.63. The molecule has 5 heteroatoms. The largest absolute Gasteiger partial charge is 0.451 e. The highest BCUT2D eigenvalue weighted by molar-refractivity contribution is 9.10. The Morgan fingerprint density at radius 3 is 2.89 bits per heavy atom. The number of benzene rings is 1. The number of nitrogens with zero attached hydrogens (tertiary/aromatic N) is 1. The van der Waals surface area contributed by atoms with Crippen molar-refractivity contribution in [3.8, 4) is 0 Å². The summed E-state index contributed by atoms with van der Waals surface area (Å²) < 4.78 is 6.22. The fourth-order valence-corrected chi connectivity index (χ4v) is 2.10. The van der Waals surface area contributed by atoms with Crippen molar-refractivity contribution < 1.29 is 9.21 Å². The Balaban J connectivity index is 1.90. The van der Waals surface area contributed by atoms with Crippen molar-refractivity contribution in [3.05, 3.63) is 59.0 Å². The zero-order valence-corrected chi connectivity index (χ0v) is 11.3. The number of halogens is 1. The van der Waals surface area contributed by atoms with Crippen molar-refractivity contribution >= 4 is 38.5 Å². The van der Waals surface area contributed by atoms with Gasteiger partial charge in [-0.3, -0.25) is 9.78 Å². The fraction of sp³-hybridized carbons (Fsp3) is 0. The van der Waals surface area contributed by atoms with Gasteiger partial charge in [0.15, 0.2) is 5.76 Å². The lowest BCUT2D eigenvalue weighted by atomic mass is 10.2. The summed E-state index contributed by atoms with van der Waals surface area (Å²) in [5, 5.41) is 3.67. The monoisotopic (exact) mass is 316 g/mol. The minimum Gasteiger partial charge on any atom is -0.451 e. The van der Waals surface area contributed by atoms with E-state index in [0.717, 1.165) is 9.86 Å². The fourth-order valence-electron chi connectivity index (χ4n) is 1.75. The van der Waals surface area contributed by atoms with Crippen LogP contribution in [0.25, 0.3) is 11.0 Å². The van der Waals surface area contributed by atoms with E-state index >= 15 is 0 Å². The van der Waals surface area contributed by atoms with Gasteiger partial charge in [-0.1, -0.05) is 18.2 Å². The Kier molecular flexibility index (Phi) is 3.05. The van der Waals surface area contributed by atoms with Gasteiger partial charge in [0.05, 0.1) is 10.2 Å². The minimum absolute atomic E-state index is 0.282. The van der Waals surface area contributed by atoms with Crippen LogP contribution >= 0.6 is 15.9 Å². The van der Waals surface area contributed by atoms with E-state index in [0.29, 0.717) is 11.3 Å².